The number of methoxy groups -OCH3 is 6. The lowest BCUT2D eigenvalue weighted by atomic mass is 9.87. The van der Waals surface area contributed by atoms with E-state index in [1.165, 1.54) is 47.8 Å². The molecular weight excluding hydrogens is 865 g/mol. The predicted octanol–water partition coefficient (Wildman–Crippen LogP) is 10.3. The molecule has 13 heteroatoms. The van der Waals surface area contributed by atoms with E-state index in [0.29, 0.717) is 56.9 Å². The third kappa shape index (κ3) is 8.70. The second-order valence-corrected chi connectivity index (χ2v) is 17.2. The molecule has 68 heavy (non-hydrogen) atoms. The second-order valence-electron chi connectivity index (χ2n) is 17.2. The average Bonchev–Trinajstić information content (AvgIpc) is 3.36. The molecule has 352 valence electrons. The van der Waals surface area contributed by atoms with Gasteiger partial charge in [-0.15, -0.1) is 0 Å². The summed E-state index contributed by atoms with van der Waals surface area (Å²) in [6.45, 7) is 1.86. The molecule has 5 heterocycles. The van der Waals surface area contributed by atoms with Crippen LogP contribution in [-0.2, 0) is 25.7 Å². The van der Waals surface area contributed by atoms with Crippen LogP contribution in [0.4, 0.5) is 0 Å². The molecular formula is C55H56N2O11. The van der Waals surface area contributed by atoms with Crippen LogP contribution in [-0.4, -0.2) is 84.7 Å². The minimum atomic E-state index is -0.190. The lowest BCUT2D eigenvalue weighted by Gasteiger charge is -2.37. The highest BCUT2D eigenvalue weighted by Gasteiger charge is 2.35. The molecule has 0 saturated heterocycles. The lowest BCUT2D eigenvalue weighted by Crippen LogP contribution is -2.34. The van der Waals surface area contributed by atoms with Crippen LogP contribution < -0.4 is 43.3 Å². The van der Waals surface area contributed by atoms with E-state index in [1.807, 2.05) is 18.2 Å². The van der Waals surface area contributed by atoms with Gasteiger partial charge in [-0.3, -0.25) is 14.6 Å². The zero-order chi connectivity index (χ0) is 47.6. The van der Waals surface area contributed by atoms with Gasteiger partial charge >= 0.3 is 0 Å². The van der Waals surface area contributed by atoms with Crippen LogP contribution >= 0.6 is 0 Å². The SMILES string of the molecule is COc1ccc(-c2coc3c(OC)c(O)ccc3c2=O)cc1.COc1ccc2cc1Oc1ccc(cc1)CC1c3cc(c(OC)cc3CCN1C)Oc1c(OC)c(OC)cc3c1C(C2)N(C)CC3. The first-order valence-corrected chi connectivity index (χ1v) is 22.5. The number of fused-ring (bicyclic) bond motifs is 3. The van der Waals surface area contributed by atoms with Crippen LogP contribution in [0.2, 0.25) is 0 Å². The van der Waals surface area contributed by atoms with E-state index in [1.54, 1.807) is 59.8 Å². The van der Waals surface area contributed by atoms with Crippen LogP contribution in [0.3, 0.4) is 0 Å². The molecule has 1 aromatic heterocycles. The van der Waals surface area contributed by atoms with Gasteiger partial charge in [0.2, 0.25) is 16.9 Å². The largest absolute Gasteiger partial charge is 0.504 e. The topological polar surface area (TPSA) is 131 Å². The highest BCUT2D eigenvalue weighted by molar-refractivity contribution is 5.88. The van der Waals surface area contributed by atoms with E-state index in [4.69, 9.17) is 42.3 Å². The predicted molar refractivity (Wildman–Crippen MR) is 260 cm³/mol. The van der Waals surface area contributed by atoms with E-state index in [9.17, 15) is 9.90 Å². The van der Waals surface area contributed by atoms with Gasteiger partial charge in [-0.05, 0) is 140 Å². The first-order chi connectivity index (χ1) is 33.0. The third-order valence-electron chi connectivity index (χ3n) is 13.3. The third-order valence-corrected chi connectivity index (χ3v) is 13.3. The van der Waals surface area contributed by atoms with Crippen molar-refractivity contribution in [1.29, 1.82) is 0 Å². The summed E-state index contributed by atoms with van der Waals surface area (Å²) in [4.78, 5) is 17.4. The van der Waals surface area contributed by atoms with Crippen LogP contribution in [0.15, 0.2) is 113 Å². The minimum Gasteiger partial charge on any atom is -0.504 e. The fraction of sp³-hybridized carbons (Fsp3) is 0.291. The van der Waals surface area contributed by atoms with Gasteiger partial charge in [0, 0.05) is 30.7 Å². The summed E-state index contributed by atoms with van der Waals surface area (Å²) in [6.07, 6.45) is 4.74. The van der Waals surface area contributed by atoms with E-state index < -0.39 is 0 Å². The molecule has 2 atom stereocenters. The number of rotatable bonds is 7. The molecule has 4 aliphatic heterocycles. The highest BCUT2D eigenvalue weighted by Crippen LogP contribution is 2.52. The van der Waals surface area contributed by atoms with E-state index >= 15 is 0 Å². The Balaban J connectivity index is 0.000000219. The minimum absolute atomic E-state index is 0.000437. The maximum absolute atomic E-state index is 12.6. The molecule has 4 aliphatic rings. The summed E-state index contributed by atoms with van der Waals surface area (Å²) in [5.41, 5.74) is 8.35. The van der Waals surface area contributed by atoms with Crippen LogP contribution in [0.5, 0.6) is 63.2 Å². The molecule has 0 saturated carbocycles. The number of hydrogen-bond acceptors (Lipinski definition) is 13. The zero-order valence-electron chi connectivity index (χ0n) is 39.6. The second kappa shape index (κ2) is 19.5. The van der Waals surface area contributed by atoms with Crippen molar-refractivity contribution in [2.24, 2.45) is 0 Å². The first kappa shape index (κ1) is 45.8. The number of phenolic OH excluding ortho intramolecular Hbond substituents is 1. The highest BCUT2D eigenvalue weighted by atomic mass is 16.5. The van der Waals surface area contributed by atoms with Gasteiger partial charge in [0.1, 0.15) is 17.8 Å². The number of hydrogen-bond donors (Lipinski definition) is 1. The van der Waals surface area contributed by atoms with E-state index in [0.717, 1.165) is 61.2 Å². The lowest BCUT2D eigenvalue weighted by molar-refractivity contribution is 0.220. The molecule has 0 amide bonds. The van der Waals surface area contributed by atoms with Gasteiger partial charge in [0.15, 0.2) is 45.8 Å². The van der Waals surface area contributed by atoms with Crippen molar-refractivity contribution in [3.63, 3.8) is 0 Å². The summed E-state index contributed by atoms with van der Waals surface area (Å²) in [5, 5.41) is 10.1. The molecule has 0 aliphatic carbocycles. The Labute approximate surface area is 395 Å². The number of aromatic hydroxyl groups is 1. The first-order valence-electron chi connectivity index (χ1n) is 22.5. The summed E-state index contributed by atoms with van der Waals surface area (Å²) in [5.74, 6) is 6.19. The molecule has 1 N–H and O–H groups in total. The van der Waals surface area contributed by atoms with Crippen molar-refractivity contribution in [3.05, 3.63) is 147 Å². The average molecular weight is 921 g/mol. The fourth-order valence-electron chi connectivity index (χ4n) is 9.61. The fourth-order valence-corrected chi connectivity index (χ4v) is 9.61. The van der Waals surface area contributed by atoms with E-state index in [-0.39, 0.29) is 34.6 Å². The maximum Gasteiger partial charge on any atom is 0.204 e. The van der Waals surface area contributed by atoms with E-state index in [2.05, 4.69) is 66.4 Å². The Bertz CT molecular complexity index is 3020. The Hall–Kier alpha value is -7.35. The van der Waals surface area contributed by atoms with Crippen LogP contribution in [0, 0.1) is 0 Å². The van der Waals surface area contributed by atoms with Gasteiger partial charge in [0.25, 0.3) is 0 Å². The summed E-state index contributed by atoms with van der Waals surface area (Å²) < 4.78 is 52.8. The summed E-state index contributed by atoms with van der Waals surface area (Å²) in [7, 11) is 14.1. The number of benzene rings is 6. The van der Waals surface area contributed by atoms with Crippen LogP contribution in [0.1, 0.15) is 45.5 Å². The molecule has 11 rings (SSSR count). The van der Waals surface area contributed by atoms with Crippen molar-refractivity contribution in [2.75, 3.05) is 69.8 Å². The molecule has 6 bridgehead atoms. The summed E-state index contributed by atoms with van der Waals surface area (Å²) in [6, 6.07) is 31.3. The Morgan fingerprint density at radius 2 is 1.25 bits per heavy atom. The number of nitrogens with zero attached hydrogens (tertiary/aromatic N) is 2. The van der Waals surface area contributed by atoms with Crippen molar-refractivity contribution in [1.82, 2.24) is 9.80 Å². The molecule has 0 spiro atoms. The summed E-state index contributed by atoms with van der Waals surface area (Å²) >= 11 is 0. The van der Waals surface area contributed by atoms with Gasteiger partial charge in [-0.25, -0.2) is 0 Å². The van der Waals surface area contributed by atoms with Gasteiger partial charge in [0.05, 0.1) is 53.6 Å². The van der Waals surface area contributed by atoms with Crippen LogP contribution in [0.25, 0.3) is 22.1 Å². The normalized spacial score (nSPS) is 16.4. The molecule has 2 unspecified atom stereocenters. The smallest absolute Gasteiger partial charge is 0.204 e. The Morgan fingerprint density at radius 3 is 1.94 bits per heavy atom. The number of phenols is 1. The Kier molecular flexibility index (Phi) is 13.1. The quantitative estimate of drug-likeness (QED) is 0.163. The van der Waals surface area contributed by atoms with Crippen molar-refractivity contribution in [2.45, 2.75) is 37.8 Å². The Morgan fingerprint density at radius 1 is 0.603 bits per heavy atom. The van der Waals surface area contributed by atoms with Gasteiger partial charge in [-0.1, -0.05) is 30.3 Å². The molecule has 0 radical (unpaired) electrons. The maximum atomic E-state index is 12.6. The van der Waals surface area contributed by atoms with Crippen molar-refractivity contribution in [3.8, 4) is 74.4 Å². The monoisotopic (exact) mass is 920 g/mol. The standard InChI is InChI=1S/C38H42N2O6.C17H14O5/c1-39-15-13-25-20-32(42-4)34-22-28(25)29(39)17-23-7-10-27(11-8-23)45-33-19-24(9-12-31(33)41-3)18-30-36-26(14-16-40(30)2)21-35(43-5)37(44-6)38(36)46-34;1-20-11-5-3-10(4-6-11)13-9-22-16-12(15(13)19)7-8-14(18)17(16)21-2/h7-12,19-22,29-30H,13-18H2,1-6H3;3-9,18H,1-2H3. The zero-order valence-corrected chi connectivity index (χ0v) is 39.6. The molecule has 6 aromatic carbocycles. The molecule has 7 aromatic rings. The number of likely N-dealkylation sites (N-methyl/N-ethyl adjacent to an activating group) is 2. The van der Waals surface area contributed by atoms with Gasteiger partial charge < -0.3 is 47.4 Å². The molecule has 13 nitrogen and oxygen atoms in total. The van der Waals surface area contributed by atoms with Gasteiger partial charge in [-0.2, -0.15) is 0 Å². The van der Waals surface area contributed by atoms with Crippen molar-refractivity contribution < 1.29 is 47.4 Å². The van der Waals surface area contributed by atoms with Crippen molar-refractivity contribution >= 4 is 11.0 Å². The molecule has 0 fully saturated rings. The number of ether oxygens (including phenoxy) is 8.